The molecule has 2 nitrogen and oxygen atoms in total. The van der Waals surface area contributed by atoms with E-state index in [1.165, 1.54) is 0 Å². The van der Waals surface area contributed by atoms with E-state index in [1.807, 2.05) is 37.3 Å². The lowest BCUT2D eigenvalue weighted by molar-refractivity contribution is 0.341. The van der Waals surface area contributed by atoms with E-state index in [1.54, 1.807) is 18.3 Å². The zero-order valence-electron chi connectivity index (χ0n) is 10.4. The van der Waals surface area contributed by atoms with Gasteiger partial charge in [-0.3, -0.25) is 4.99 Å². The second kappa shape index (κ2) is 6.60. The number of rotatable bonds is 4. The van der Waals surface area contributed by atoms with Gasteiger partial charge in [0.15, 0.2) is 0 Å². The molecule has 0 saturated heterocycles. The summed E-state index contributed by atoms with van der Waals surface area (Å²) in [6.07, 6.45) is 1.70. The summed E-state index contributed by atoms with van der Waals surface area (Å²) in [4.78, 5) is 4.41. The van der Waals surface area contributed by atoms with Gasteiger partial charge in [-0.25, -0.2) is 0 Å². The number of hydrogen-bond donors (Lipinski definition) is 0. The molecule has 0 bridgehead atoms. The molecule has 0 amide bonds. The van der Waals surface area contributed by atoms with Crippen molar-refractivity contribution < 1.29 is 4.74 Å². The number of para-hydroxylation sites is 2. The third-order valence-electron chi connectivity index (χ3n) is 2.47. The maximum atomic E-state index is 6.09. The van der Waals surface area contributed by atoms with Crippen LogP contribution in [0.15, 0.2) is 47.5 Å². The van der Waals surface area contributed by atoms with Crippen molar-refractivity contribution in [1.29, 1.82) is 0 Å². The lowest BCUT2D eigenvalue weighted by Crippen LogP contribution is -1.91. The normalized spacial score (nSPS) is 10.9. The highest BCUT2D eigenvalue weighted by molar-refractivity contribution is 6.36. The Bertz CT molecular complexity index is 596. The minimum absolute atomic E-state index is 0.574. The van der Waals surface area contributed by atoms with Crippen molar-refractivity contribution in [2.45, 2.75) is 6.92 Å². The molecule has 0 fully saturated rings. The highest BCUT2D eigenvalue weighted by Crippen LogP contribution is 2.27. The summed E-state index contributed by atoms with van der Waals surface area (Å²) < 4.78 is 5.51. The van der Waals surface area contributed by atoms with Crippen molar-refractivity contribution in [2.24, 2.45) is 4.99 Å². The molecule has 0 unspecified atom stereocenters. The number of benzene rings is 2. The van der Waals surface area contributed by atoms with E-state index < -0.39 is 0 Å². The molecule has 0 atom stereocenters. The lowest BCUT2D eigenvalue weighted by Gasteiger charge is -2.05. The Morgan fingerprint density at radius 1 is 1.16 bits per heavy atom. The molecule has 0 aromatic heterocycles. The van der Waals surface area contributed by atoms with Gasteiger partial charge >= 0.3 is 0 Å². The van der Waals surface area contributed by atoms with Gasteiger partial charge in [-0.2, -0.15) is 0 Å². The van der Waals surface area contributed by atoms with Crippen LogP contribution in [0.1, 0.15) is 12.5 Å². The van der Waals surface area contributed by atoms with E-state index in [0.29, 0.717) is 16.7 Å². The van der Waals surface area contributed by atoms with Gasteiger partial charge < -0.3 is 4.74 Å². The van der Waals surface area contributed by atoms with Crippen molar-refractivity contribution >= 4 is 35.1 Å². The molecule has 0 N–H and O–H groups in total. The maximum absolute atomic E-state index is 6.09. The molecule has 0 saturated carbocycles. The molecular formula is C15H13Cl2NO. The largest absolute Gasteiger partial charge is 0.492 e. The summed E-state index contributed by atoms with van der Waals surface area (Å²) in [5.41, 5.74) is 1.59. The van der Waals surface area contributed by atoms with E-state index in [0.717, 1.165) is 17.0 Å². The van der Waals surface area contributed by atoms with Crippen LogP contribution in [0.3, 0.4) is 0 Å². The fourth-order valence-corrected chi connectivity index (χ4v) is 2.04. The van der Waals surface area contributed by atoms with Crippen molar-refractivity contribution in [3.05, 3.63) is 58.1 Å². The second-order valence-corrected chi connectivity index (χ2v) is 4.67. The first kappa shape index (κ1) is 13.9. The lowest BCUT2D eigenvalue weighted by atomic mass is 10.2. The Labute approximate surface area is 122 Å². The monoisotopic (exact) mass is 293 g/mol. The summed E-state index contributed by atoms with van der Waals surface area (Å²) in [6.45, 7) is 2.55. The molecule has 0 spiro atoms. The maximum Gasteiger partial charge on any atom is 0.144 e. The molecule has 2 rings (SSSR count). The van der Waals surface area contributed by atoms with E-state index in [2.05, 4.69) is 4.99 Å². The van der Waals surface area contributed by atoms with Crippen molar-refractivity contribution in [2.75, 3.05) is 6.61 Å². The number of ether oxygens (including phenoxy) is 1. The second-order valence-electron chi connectivity index (χ2n) is 3.82. The van der Waals surface area contributed by atoms with Gasteiger partial charge in [0.1, 0.15) is 11.4 Å². The number of nitrogens with zero attached hydrogens (tertiary/aromatic N) is 1. The van der Waals surface area contributed by atoms with Crippen LogP contribution < -0.4 is 4.74 Å². The summed E-state index contributed by atoms with van der Waals surface area (Å²) in [7, 11) is 0. The minimum Gasteiger partial charge on any atom is -0.492 e. The SMILES string of the molecule is CCOc1ccccc1N=Cc1ccc(Cl)cc1Cl. The Morgan fingerprint density at radius 2 is 1.95 bits per heavy atom. The van der Waals surface area contributed by atoms with E-state index in [4.69, 9.17) is 27.9 Å². The van der Waals surface area contributed by atoms with Gasteiger partial charge in [0, 0.05) is 16.8 Å². The van der Waals surface area contributed by atoms with Crippen LogP contribution >= 0.6 is 23.2 Å². The number of halogens is 2. The first-order valence-corrected chi connectivity index (χ1v) is 6.67. The molecular weight excluding hydrogens is 281 g/mol. The first-order valence-electron chi connectivity index (χ1n) is 5.91. The molecule has 0 aliphatic carbocycles. The van der Waals surface area contributed by atoms with Crippen LogP contribution in [0.25, 0.3) is 0 Å². The molecule has 0 aliphatic rings. The van der Waals surface area contributed by atoms with Crippen LogP contribution in [-0.4, -0.2) is 12.8 Å². The Morgan fingerprint density at radius 3 is 2.68 bits per heavy atom. The van der Waals surface area contributed by atoms with E-state index >= 15 is 0 Å². The topological polar surface area (TPSA) is 21.6 Å². The first-order chi connectivity index (χ1) is 9.20. The average Bonchev–Trinajstić information content (AvgIpc) is 2.40. The predicted molar refractivity (Wildman–Crippen MR) is 81.3 cm³/mol. The molecule has 98 valence electrons. The molecule has 2 aromatic carbocycles. The number of aliphatic imine (C=N–C) groups is 1. The Hall–Kier alpha value is -1.51. The Kier molecular flexibility index (Phi) is 4.83. The van der Waals surface area contributed by atoms with Crippen molar-refractivity contribution in [3.63, 3.8) is 0 Å². The van der Waals surface area contributed by atoms with Gasteiger partial charge in [0.05, 0.1) is 11.6 Å². The zero-order valence-corrected chi connectivity index (χ0v) is 11.9. The summed E-state index contributed by atoms with van der Waals surface area (Å²) in [5.74, 6) is 0.756. The fourth-order valence-electron chi connectivity index (χ4n) is 1.59. The minimum atomic E-state index is 0.574. The highest BCUT2D eigenvalue weighted by atomic mass is 35.5. The van der Waals surface area contributed by atoms with Gasteiger partial charge in [0.2, 0.25) is 0 Å². The zero-order chi connectivity index (χ0) is 13.7. The van der Waals surface area contributed by atoms with Gasteiger partial charge in [-0.1, -0.05) is 41.4 Å². The standard InChI is InChI=1S/C15H13Cl2NO/c1-2-19-15-6-4-3-5-14(15)18-10-11-7-8-12(16)9-13(11)17/h3-10H,2H2,1H3. The van der Waals surface area contributed by atoms with Crippen LogP contribution in [-0.2, 0) is 0 Å². The van der Waals surface area contributed by atoms with Gasteiger partial charge in [-0.15, -0.1) is 0 Å². The fraction of sp³-hybridized carbons (Fsp3) is 0.133. The molecule has 4 heteroatoms. The molecule has 19 heavy (non-hydrogen) atoms. The van der Waals surface area contributed by atoms with Gasteiger partial charge in [-0.05, 0) is 31.2 Å². The summed E-state index contributed by atoms with van der Waals surface area (Å²) >= 11 is 11.9. The summed E-state index contributed by atoms with van der Waals surface area (Å²) in [5, 5.41) is 1.18. The molecule has 2 aromatic rings. The Balaban J connectivity index is 2.27. The summed E-state index contributed by atoms with van der Waals surface area (Å²) in [6, 6.07) is 12.9. The van der Waals surface area contributed by atoms with E-state index in [-0.39, 0.29) is 0 Å². The van der Waals surface area contributed by atoms with Gasteiger partial charge in [0.25, 0.3) is 0 Å². The average molecular weight is 294 g/mol. The highest BCUT2D eigenvalue weighted by Gasteiger charge is 2.01. The smallest absolute Gasteiger partial charge is 0.144 e. The number of hydrogen-bond acceptors (Lipinski definition) is 2. The van der Waals surface area contributed by atoms with E-state index in [9.17, 15) is 0 Å². The molecule has 0 heterocycles. The third-order valence-corrected chi connectivity index (χ3v) is 3.03. The van der Waals surface area contributed by atoms with Crippen LogP contribution in [0.5, 0.6) is 5.75 Å². The van der Waals surface area contributed by atoms with Crippen LogP contribution in [0, 0.1) is 0 Å². The van der Waals surface area contributed by atoms with Crippen LogP contribution in [0.4, 0.5) is 5.69 Å². The van der Waals surface area contributed by atoms with Crippen LogP contribution in [0.2, 0.25) is 10.0 Å². The third kappa shape index (κ3) is 3.72. The molecule has 0 radical (unpaired) electrons. The van der Waals surface area contributed by atoms with Crippen molar-refractivity contribution in [1.82, 2.24) is 0 Å². The predicted octanol–water partition coefficient (Wildman–Crippen LogP) is 5.14. The quantitative estimate of drug-likeness (QED) is 0.715. The molecule has 0 aliphatic heterocycles. The van der Waals surface area contributed by atoms with Crippen molar-refractivity contribution in [3.8, 4) is 5.75 Å².